The molecular weight excluding hydrogens is 279 g/mol. The molecule has 1 aliphatic rings. The summed E-state index contributed by atoms with van der Waals surface area (Å²) < 4.78 is 0. The van der Waals surface area contributed by atoms with Crippen molar-refractivity contribution in [1.82, 2.24) is 10.2 Å². The third kappa shape index (κ3) is 4.65. The van der Waals surface area contributed by atoms with Crippen LogP contribution in [0, 0.1) is 0 Å². The minimum absolute atomic E-state index is 0. The lowest BCUT2D eigenvalue weighted by atomic mass is 10.1. The van der Waals surface area contributed by atoms with Crippen molar-refractivity contribution in [3.63, 3.8) is 0 Å². The first kappa shape index (κ1) is 17.0. The lowest BCUT2D eigenvalue weighted by Crippen LogP contribution is -2.44. The van der Waals surface area contributed by atoms with Gasteiger partial charge in [-0.15, -0.1) is 24.8 Å². The van der Waals surface area contributed by atoms with Crippen molar-refractivity contribution < 1.29 is 0 Å². The Labute approximate surface area is 121 Å². The zero-order valence-corrected chi connectivity index (χ0v) is 12.2. The van der Waals surface area contributed by atoms with Crippen molar-refractivity contribution >= 4 is 36.4 Å². The van der Waals surface area contributed by atoms with Gasteiger partial charge in [-0.1, -0.05) is 23.7 Å². The van der Waals surface area contributed by atoms with E-state index >= 15 is 0 Å². The van der Waals surface area contributed by atoms with E-state index in [0.29, 0.717) is 6.04 Å². The molecule has 0 bridgehead atoms. The molecular formula is C12H19Cl3N2. The van der Waals surface area contributed by atoms with Crippen LogP contribution in [0.5, 0.6) is 0 Å². The quantitative estimate of drug-likeness (QED) is 0.902. The van der Waals surface area contributed by atoms with Gasteiger partial charge in [-0.05, 0) is 24.6 Å². The molecule has 0 amide bonds. The molecule has 2 rings (SSSR count). The number of halogens is 3. The predicted molar refractivity (Wildman–Crippen MR) is 78.8 cm³/mol. The van der Waals surface area contributed by atoms with Crippen LogP contribution >= 0.6 is 36.4 Å². The molecule has 98 valence electrons. The maximum absolute atomic E-state index is 5.88. The molecule has 0 radical (unpaired) electrons. The molecule has 17 heavy (non-hydrogen) atoms. The number of piperazine rings is 1. The lowest BCUT2D eigenvalue weighted by molar-refractivity contribution is 0.185. The number of benzene rings is 1. The minimum Gasteiger partial charge on any atom is -0.314 e. The topological polar surface area (TPSA) is 15.3 Å². The van der Waals surface area contributed by atoms with E-state index in [4.69, 9.17) is 11.6 Å². The fourth-order valence-corrected chi connectivity index (χ4v) is 2.15. The average molecular weight is 298 g/mol. The van der Waals surface area contributed by atoms with Gasteiger partial charge < -0.3 is 5.32 Å². The Bertz CT molecular complexity index is 310. The fourth-order valence-electron chi connectivity index (χ4n) is 2.02. The molecule has 1 fully saturated rings. The van der Waals surface area contributed by atoms with Crippen LogP contribution in [0.25, 0.3) is 0 Å². The van der Waals surface area contributed by atoms with Crippen LogP contribution < -0.4 is 5.32 Å². The van der Waals surface area contributed by atoms with E-state index in [-0.39, 0.29) is 24.8 Å². The predicted octanol–water partition coefficient (Wildman–Crippen LogP) is 3.15. The largest absolute Gasteiger partial charge is 0.314 e. The molecule has 2 nitrogen and oxygen atoms in total. The van der Waals surface area contributed by atoms with E-state index in [1.165, 1.54) is 5.56 Å². The van der Waals surface area contributed by atoms with Gasteiger partial charge in [-0.3, -0.25) is 4.90 Å². The number of hydrogen-bond donors (Lipinski definition) is 1. The van der Waals surface area contributed by atoms with Gasteiger partial charge in [0.15, 0.2) is 0 Å². The van der Waals surface area contributed by atoms with E-state index in [0.717, 1.165) is 31.2 Å². The Balaban J connectivity index is 0.00000128. The summed E-state index contributed by atoms with van der Waals surface area (Å²) in [5.74, 6) is 0. The van der Waals surface area contributed by atoms with Crippen LogP contribution in [0.3, 0.4) is 0 Å². The molecule has 0 spiro atoms. The highest BCUT2D eigenvalue weighted by atomic mass is 35.5. The summed E-state index contributed by atoms with van der Waals surface area (Å²) >= 11 is 5.88. The number of hydrogen-bond acceptors (Lipinski definition) is 2. The van der Waals surface area contributed by atoms with E-state index < -0.39 is 0 Å². The van der Waals surface area contributed by atoms with E-state index in [9.17, 15) is 0 Å². The average Bonchev–Trinajstić information content (AvgIpc) is 2.30. The summed E-state index contributed by atoms with van der Waals surface area (Å²) in [5.41, 5.74) is 1.35. The van der Waals surface area contributed by atoms with Gasteiger partial charge >= 0.3 is 0 Å². The van der Waals surface area contributed by atoms with Crippen LogP contribution in [0.15, 0.2) is 24.3 Å². The molecule has 1 aromatic carbocycles. The Morgan fingerprint density at radius 2 is 1.65 bits per heavy atom. The molecule has 0 aliphatic carbocycles. The van der Waals surface area contributed by atoms with Crippen molar-refractivity contribution in [2.45, 2.75) is 13.0 Å². The van der Waals surface area contributed by atoms with E-state index in [2.05, 4.69) is 29.3 Å². The van der Waals surface area contributed by atoms with Crippen molar-refractivity contribution in [1.29, 1.82) is 0 Å². The van der Waals surface area contributed by atoms with Crippen LogP contribution in [0.4, 0.5) is 0 Å². The van der Waals surface area contributed by atoms with Gasteiger partial charge in [0.2, 0.25) is 0 Å². The maximum atomic E-state index is 5.88. The molecule has 1 aromatic rings. The van der Waals surface area contributed by atoms with Crippen LogP contribution in [0.1, 0.15) is 18.5 Å². The first-order valence-electron chi connectivity index (χ1n) is 5.47. The second-order valence-electron chi connectivity index (χ2n) is 4.01. The Morgan fingerprint density at radius 3 is 2.18 bits per heavy atom. The fraction of sp³-hybridized carbons (Fsp3) is 0.500. The van der Waals surface area contributed by atoms with Gasteiger partial charge in [0, 0.05) is 37.2 Å². The molecule has 0 aromatic heterocycles. The Kier molecular flexibility index (Phi) is 8.18. The molecule has 1 N–H and O–H groups in total. The zero-order chi connectivity index (χ0) is 10.7. The van der Waals surface area contributed by atoms with Gasteiger partial charge in [-0.25, -0.2) is 0 Å². The van der Waals surface area contributed by atoms with Gasteiger partial charge in [0.05, 0.1) is 0 Å². The van der Waals surface area contributed by atoms with Gasteiger partial charge in [0.25, 0.3) is 0 Å². The first-order valence-corrected chi connectivity index (χ1v) is 5.85. The molecule has 1 saturated heterocycles. The summed E-state index contributed by atoms with van der Waals surface area (Å²) in [6.45, 7) is 6.71. The molecule has 5 heteroatoms. The smallest absolute Gasteiger partial charge is 0.0406 e. The SMILES string of the molecule is C[C@H](c1ccc(Cl)cc1)N1CCNCC1.Cl.Cl. The Hall–Kier alpha value is 0.01000. The highest BCUT2D eigenvalue weighted by molar-refractivity contribution is 6.30. The number of nitrogens with one attached hydrogen (secondary N) is 1. The Morgan fingerprint density at radius 1 is 1.12 bits per heavy atom. The van der Waals surface area contributed by atoms with Gasteiger partial charge in [-0.2, -0.15) is 0 Å². The highest BCUT2D eigenvalue weighted by Gasteiger charge is 2.17. The molecule has 0 saturated carbocycles. The number of nitrogens with zero attached hydrogens (tertiary/aromatic N) is 1. The summed E-state index contributed by atoms with van der Waals surface area (Å²) in [6.07, 6.45) is 0. The van der Waals surface area contributed by atoms with Crippen molar-refractivity contribution in [3.05, 3.63) is 34.9 Å². The third-order valence-corrected chi connectivity index (χ3v) is 3.30. The summed E-state index contributed by atoms with van der Waals surface area (Å²) in [4.78, 5) is 2.50. The molecule has 1 heterocycles. The van der Waals surface area contributed by atoms with Crippen LogP contribution in [-0.2, 0) is 0 Å². The van der Waals surface area contributed by atoms with Crippen LogP contribution in [0.2, 0.25) is 5.02 Å². The zero-order valence-electron chi connectivity index (χ0n) is 9.86. The highest BCUT2D eigenvalue weighted by Crippen LogP contribution is 2.21. The van der Waals surface area contributed by atoms with Crippen LogP contribution in [-0.4, -0.2) is 31.1 Å². The van der Waals surface area contributed by atoms with E-state index in [1.807, 2.05) is 12.1 Å². The summed E-state index contributed by atoms with van der Waals surface area (Å²) in [5, 5.41) is 4.18. The maximum Gasteiger partial charge on any atom is 0.0406 e. The third-order valence-electron chi connectivity index (χ3n) is 3.05. The second-order valence-corrected chi connectivity index (χ2v) is 4.45. The monoisotopic (exact) mass is 296 g/mol. The normalized spacial score (nSPS) is 17.8. The molecule has 1 aliphatic heterocycles. The number of rotatable bonds is 2. The summed E-state index contributed by atoms with van der Waals surface area (Å²) in [7, 11) is 0. The molecule has 0 unspecified atom stereocenters. The van der Waals surface area contributed by atoms with Crippen molar-refractivity contribution in [2.75, 3.05) is 26.2 Å². The van der Waals surface area contributed by atoms with Crippen molar-refractivity contribution in [3.8, 4) is 0 Å². The van der Waals surface area contributed by atoms with E-state index in [1.54, 1.807) is 0 Å². The first-order chi connectivity index (χ1) is 7.27. The summed E-state index contributed by atoms with van der Waals surface area (Å²) in [6, 6.07) is 8.67. The van der Waals surface area contributed by atoms with Gasteiger partial charge in [0.1, 0.15) is 0 Å². The lowest BCUT2D eigenvalue weighted by Gasteiger charge is -2.33. The minimum atomic E-state index is 0. The van der Waals surface area contributed by atoms with Crippen molar-refractivity contribution in [2.24, 2.45) is 0 Å². The standard InChI is InChI=1S/C12H17ClN2.2ClH/c1-10(15-8-6-14-7-9-15)11-2-4-12(13)5-3-11;;/h2-5,10,14H,6-9H2,1H3;2*1H/t10-;;/m1../s1. The second kappa shape index (κ2) is 8.17. The molecule has 1 atom stereocenters.